The van der Waals surface area contributed by atoms with Crippen molar-refractivity contribution >= 4 is 5.69 Å². The van der Waals surface area contributed by atoms with E-state index in [0.29, 0.717) is 18.3 Å². The number of benzene rings is 1. The highest BCUT2D eigenvalue weighted by molar-refractivity contribution is 5.57. The van der Waals surface area contributed by atoms with Crippen molar-refractivity contribution in [3.63, 3.8) is 0 Å². The molecule has 7 heteroatoms. The molecular weight excluding hydrogens is 265 g/mol. The summed E-state index contributed by atoms with van der Waals surface area (Å²) in [5.74, 6) is -0.623. The molecule has 0 bridgehead atoms. The maximum Gasteiger partial charge on any atom is 0.272 e. The summed E-state index contributed by atoms with van der Waals surface area (Å²) in [6.07, 6.45) is 1.44. The zero-order valence-corrected chi connectivity index (χ0v) is 11.1. The second-order valence-corrected chi connectivity index (χ2v) is 4.60. The zero-order chi connectivity index (χ0) is 14.7. The number of non-ortho nitro benzene ring substituents is 1. The van der Waals surface area contributed by atoms with Crippen LogP contribution in [0.25, 0.3) is 11.5 Å². The molecule has 106 valence electrons. The van der Waals surface area contributed by atoms with Crippen LogP contribution in [0.1, 0.15) is 19.5 Å². The molecule has 0 saturated heterocycles. The lowest BCUT2D eigenvalue weighted by molar-refractivity contribution is -0.385. The fourth-order valence-electron chi connectivity index (χ4n) is 1.61. The van der Waals surface area contributed by atoms with Gasteiger partial charge in [0.05, 0.1) is 22.2 Å². The zero-order valence-electron chi connectivity index (χ0n) is 11.1. The SMILES string of the molecule is CC(C)NCc1coc(-c2ccc([N+](=O)[O-])cc2F)n1. The Labute approximate surface area is 114 Å². The topological polar surface area (TPSA) is 81.2 Å². The van der Waals surface area contributed by atoms with Crippen molar-refractivity contribution in [2.45, 2.75) is 26.4 Å². The van der Waals surface area contributed by atoms with Crippen LogP contribution in [0.15, 0.2) is 28.9 Å². The van der Waals surface area contributed by atoms with Gasteiger partial charge < -0.3 is 9.73 Å². The molecule has 1 heterocycles. The average molecular weight is 279 g/mol. The van der Waals surface area contributed by atoms with Crippen molar-refractivity contribution in [2.24, 2.45) is 0 Å². The number of nitro benzene ring substituents is 1. The van der Waals surface area contributed by atoms with E-state index in [1.807, 2.05) is 13.8 Å². The third-order valence-corrected chi connectivity index (χ3v) is 2.64. The van der Waals surface area contributed by atoms with Crippen LogP contribution in [0, 0.1) is 15.9 Å². The summed E-state index contributed by atoms with van der Waals surface area (Å²) >= 11 is 0. The Kier molecular flexibility index (Phi) is 4.09. The van der Waals surface area contributed by atoms with Crippen LogP contribution in [0.4, 0.5) is 10.1 Å². The molecule has 0 spiro atoms. The Hall–Kier alpha value is -2.28. The van der Waals surface area contributed by atoms with Gasteiger partial charge in [-0.15, -0.1) is 0 Å². The van der Waals surface area contributed by atoms with Gasteiger partial charge in [0.2, 0.25) is 5.89 Å². The summed E-state index contributed by atoms with van der Waals surface area (Å²) in [5, 5.41) is 13.7. The first-order chi connectivity index (χ1) is 9.47. The van der Waals surface area contributed by atoms with Gasteiger partial charge in [-0.05, 0) is 6.07 Å². The van der Waals surface area contributed by atoms with Crippen molar-refractivity contribution in [2.75, 3.05) is 0 Å². The Bertz CT molecular complexity index is 625. The third-order valence-electron chi connectivity index (χ3n) is 2.64. The quantitative estimate of drug-likeness (QED) is 0.672. The van der Waals surface area contributed by atoms with Gasteiger partial charge in [-0.3, -0.25) is 10.1 Å². The van der Waals surface area contributed by atoms with Crippen molar-refractivity contribution in [1.29, 1.82) is 0 Å². The summed E-state index contributed by atoms with van der Waals surface area (Å²) in [7, 11) is 0. The van der Waals surface area contributed by atoms with Crippen LogP contribution in [-0.2, 0) is 6.54 Å². The van der Waals surface area contributed by atoms with Gasteiger partial charge in [0.15, 0.2) is 0 Å². The molecule has 0 unspecified atom stereocenters. The fourth-order valence-corrected chi connectivity index (χ4v) is 1.61. The molecule has 0 aliphatic rings. The van der Waals surface area contributed by atoms with Gasteiger partial charge in [0.25, 0.3) is 5.69 Å². The van der Waals surface area contributed by atoms with E-state index in [9.17, 15) is 14.5 Å². The van der Waals surface area contributed by atoms with E-state index in [0.717, 1.165) is 6.07 Å². The summed E-state index contributed by atoms with van der Waals surface area (Å²) < 4.78 is 19.0. The summed E-state index contributed by atoms with van der Waals surface area (Å²) in [6.45, 7) is 4.50. The monoisotopic (exact) mass is 279 g/mol. The first kappa shape index (κ1) is 14.1. The predicted octanol–water partition coefficient (Wildman–Crippen LogP) is 2.89. The van der Waals surface area contributed by atoms with E-state index in [4.69, 9.17) is 4.42 Å². The predicted molar refractivity (Wildman–Crippen MR) is 70.5 cm³/mol. The van der Waals surface area contributed by atoms with Crippen molar-refractivity contribution in [1.82, 2.24) is 10.3 Å². The molecular formula is C13H14FN3O3. The number of rotatable bonds is 5. The highest BCUT2D eigenvalue weighted by atomic mass is 19.1. The molecule has 1 N–H and O–H groups in total. The molecule has 0 aliphatic carbocycles. The van der Waals surface area contributed by atoms with E-state index in [1.54, 1.807) is 0 Å². The first-order valence-corrected chi connectivity index (χ1v) is 6.09. The van der Waals surface area contributed by atoms with Gasteiger partial charge in [0, 0.05) is 18.7 Å². The Balaban J connectivity index is 2.21. The largest absolute Gasteiger partial charge is 0.444 e. The minimum atomic E-state index is -0.732. The minimum absolute atomic E-state index is 0.103. The van der Waals surface area contributed by atoms with E-state index in [2.05, 4.69) is 10.3 Å². The lowest BCUT2D eigenvalue weighted by atomic mass is 10.2. The molecule has 0 saturated carbocycles. The van der Waals surface area contributed by atoms with Crippen molar-refractivity contribution < 1.29 is 13.7 Å². The summed E-state index contributed by atoms with van der Waals surface area (Å²) in [4.78, 5) is 14.0. The van der Waals surface area contributed by atoms with E-state index in [1.165, 1.54) is 18.4 Å². The van der Waals surface area contributed by atoms with Crippen LogP contribution in [0.3, 0.4) is 0 Å². The van der Waals surface area contributed by atoms with E-state index >= 15 is 0 Å². The number of hydrogen-bond donors (Lipinski definition) is 1. The molecule has 1 aromatic carbocycles. The Morgan fingerprint density at radius 2 is 2.25 bits per heavy atom. The molecule has 20 heavy (non-hydrogen) atoms. The lowest BCUT2D eigenvalue weighted by Gasteiger charge is -2.04. The number of nitrogens with one attached hydrogen (secondary N) is 1. The maximum atomic E-state index is 13.8. The highest BCUT2D eigenvalue weighted by Crippen LogP contribution is 2.25. The molecule has 0 fully saturated rings. The number of aromatic nitrogens is 1. The van der Waals surface area contributed by atoms with Gasteiger partial charge in [0.1, 0.15) is 12.1 Å². The van der Waals surface area contributed by atoms with E-state index < -0.39 is 10.7 Å². The smallest absolute Gasteiger partial charge is 0.272 e. The molecule has 2 rings (SSSR count). The molecule has 0 amide bonds. The molecule has 0 radical (unpaired) electrons. The van der Waals surface area contributed by atoms with Gasteiger partial charge >= 0.3 is 0 Å². The van der Waals surface area contributed by atoms with Crippen molar-refractivity contribution in [3.8, 4) is 11.5 Å². The van der Waals surface area contributed by atoms with E-state index in [-0.39, 0.29) is 17.1 Å². The van der Waals surface area contributed by atoms with Crippen LogP contribution >= 0.6 is 0 Å². The average Bonchev–Trinajstić information content (AvgIpc) is 2.84. The molecule has 0 aliphatic heterocycles. The number of nitro groups is 1. The first-order valence-electron chi connectivity index (χ1n) is 6.09. The van der Waals surface area contributed by atoms with Crippen LogP contribution in [0.5, 0.6) is 0 Å². The van der Waals surface area contributed by atoms with Gasteiger partial charge in [-0.2, -0.15) is 0 Å². The second-order valence-electron chi connectivity index (χ2n) is 4.60. The molecule has 0 atom stereocenters. The maximum absolute atomic E-state index is 13.8. The lowest BCUT2D eigenvalue weighted by Crippen LogP contribution is -2.21. The summed E-state index contributed by atoms with van der Waals surface area (Å²) in [6, 6.07) is 3.66. The normalized spacial score (nSPS) is 11.0. The number of halogens is 1. The minimum Gasteiger partial charge on any atom is -0.444 e. The van der Waals surface area contributed by atoms with Crippen molar-refractivity contribution in [3.05, 3.63) is 46.1 Å². The third kappa shape index (κ3) is 3.18. The van der Waals surface area contributed by atoms with Crippen LogP contribution in [0.2, 0.25) is 0 Å². The number of oxazole rings is 1. The standard InChI is InChI=1S/C13H14FN3O3/c1-8(2)15-6-9-7-20-13(16-9)11-4-3-10(17(18)19)5-12(11)14/h3-5,7-8,15H,6H2,1-2H3. The molecule has 6 nitrogen and oxygen atoms in total. The van der Waals surface area contributed by atoms with Crippen LogP contribution < -0.4 is 5.32 Å². The second kappa shape index (κ2) is 5.79. The van der Waals surface area contributed by atoms with Crippen LogP contribution in [-0.4, -0.2) is 15.9 Å². The van der Waals surface area contributed by atoms with Gasteiger partial charge in [-0.1, -0.05) is 13.8 Å². The fraction of sp³-hybridized carbons (Fsp3) is 0.308. The molecule has 1 aromatic heterocycles. The Morgan fingerprint density at radius 3 is 2.85 bits per heavy atom. The molecule has 2 aromatic rings. The van der Waals surface area contributed by atoms with Gasteiger partial charge in [-0.25, -0.2) is 9.37 Å². The number of hydrogen-bond acceptors (Lipinski definition) is 5. The highest BCUT2D eigenvalue weighted by Gasteiger charge is 2.15. The summed E-state index contributed by atoms with van der Waals surface area (Å²) in [5.41, 5.74) is 0.442. The number of nitrogens with zero attached hydrogens (tertiary/aromatic N) is 2. The Morgan fingerprint density at radius 1 is 1.50 bits per heavy atom.